The van der Waals surface area contributed by atoms with Crippen LogP contribution in [0.15, 0.2) is 28.7 Å². The maximum absolute atomic E-state index is 6.10. The highest BCUT2D eigenvalue weighted by Crippen LogP contribution is 2.20. The summed E-state index contributed by atoms with van der Waals surface area (Å²) < 4.78 is 5.56. The molecule has 2 aromatic rings. The van der Waals surface area contributed by atoms with Gasteiger partial charge in [-0.3, -0.25) is 0 Å². The summed E-state index contributed by atoms with van der Waals surface area (Å²) in [7, 11) is 1.79. The van der Waals surface area contributed by atoms with Gasteiger partial charge >= 0.3 is 0 Å². The SMILES string of the molecule is CNc1nc(C)c(CCc2ccccc2Cl)o1. The van der Waals surface area contributed by atoms with E-state index < -0.39 is 0 Å². The summed E-state index contributed by atoms with van der Waals surface area (Å²) >= 11 is 6.10. The quantitative estimate of drug-likeness (QED) is 0.903. The predicted molar refractivity (Wildman–Crippen MR) is 69.6 cm³/mol. The molecule has 0 amide bonds. The maximum atomic E-state index is 6.10. The topological polar surface area (TPSA) is 38.1 Å². The van der Waals surface area contributed by atoms with Crippen molar-refractivity contribution >= 4 is 17.6 Å². The first kappa shape index (κ1) is 12.0. The van der Waals surface area contributed by atoms with E-state index in [1.807, 2.05) is 31.2 Å². The Kier molecular flexibility index (Phi) is 3.69. The number of benzene rings is 1. The van der Waals surface area contributed by atoms with Crippen LogP contribution in [0.3, 0.4) is 0 Å². The molecule has 4 heteroatoms. The summed E-state index contributed by atoms with van der Waals surface area (Å²) in [5, 5.41) is 3.70. The van der Waals surface area contributed by atoms with Crippen LogP contribution >= 0.6 is 11.6 Å². The Morgan fingerprint density at radius 2 is 2.06 bits per heavy atom. The fourth-order valence-corrected chi connectivity index (χ4v) is 1.95. The molecular formula is C13H15ClN2O. The molecule has 0 bridgehead atoms. The second-order valence-corrected chi connectivity index (χ2v) is 4.28. The summed E-state index contributed by atoms with van der Waals surface area (Å²) in [4.78, 5) is 4.25. The third-order valence-electron chi connectivity index (χ3n) is 2.69. The second kappa shape index (κ2) is 5.23. The Hall–Kier alpha value is -1.48. The Morgan fingerprint density at radius 1 is 1.29 bits per heavy atom. The van der Waals surface area contributed by atoms with Crippen LogP contribution < -0.4 is 5.32 Å². The molecule has 0 aliphatic heterocycles. The molecule has 1 aromatic carbocycles. The highest BCUT2D eigenvalue weighted by Gasteiger charge is 2.09. The molecule has 0 spiro atoms. The first-order valence-corrected chi connectivity index (χ1v) is 5.96. The molecule has 0 fully saturated rings. The molecule has 0 saturated carbocycles. The molecule has 1 aromatic heterocycles. The van der Waals surface area contributed by atoms with Crippen LogP contribution in [0, 0.1) is 6.92 Å². The molecule has 90 valence electrons. The second-order valence-electron chi connectivity index (χ2n) is 3.87. The van der Waals surface area contributed by atoms with E-state index in [4.69, 9.17) is 16.0 Å². The van der Waals surface area contributed by atoms with E-state index in [2.05, 4.69) is 10.3 Å². The van der Waals surface area contributed by atoms with Crippen LogP contribution in [0.1, 0.15) is 17.0 Å². The van der Waals surface area contributed by atoms with Crippen molar-refractivity contribution in [3.63, 3.8) is 0 Å². The first-order chi connectivity index (χ1) is 8.20. The molecule has 0 aliphatic carbocycles. The van der Waals surface area contributed by atoms with E-state index in [0.717, 1.165) is 34.9 Å². The Morgan fingerprint density at radius 3 is 2.71 bits per heavy atom. The molecule has 0 radical (unpaired) electrons. The minimum absolute atomic E-state index is 0.566. The fourth-order valence-electron chi connectivity index (χ4n) is 1.72. The summed E-state index contributed by atoms with van der Waals surface area (Å²) in [6, 6.07) is 8.44. The highest BCUT2D eigenvalue weighted by atomic mass is 35.5. The zero-order valence-electron chi connectivity index (χ0n) is 9.96. The number of hydrogen-bond acceptors (Lipinski definition) is 3. The lowest BCUT2D eigenvalue weighted by molar-refractivity contribution is 0.516. The van der Waals surface area contributed by atoms with Crippen LogP contribution in [0.5, 0.6) is 0 Å². The molecule has 0 aliphatic rings. The maximum Gasteiger partial charge on any atom is 0.294 e. The van der Waals surface area contributed by atoms with Gasteiger partial charge in [0.1, 0.15) is 5.76 Å². The van der Waals surface area contributed by atoms with E-state index in [9.17, 15) is 0 Å². The fraction of sp³-hybridized carbons (Fsp3) is 0.308. The molecule has 3 nitrogen and oxygen atoms in total. The van der Waals surface area contributed by atoms with Gasteiger partial charge in [0, 0.05) is 18.5 Å². The molecule has 0 saturated heterocycles. The van der Waals surface area contributed by atoms with Crippen molar-refractivity contribution in [2.24, 2.45) is 0 Å². The van der Waals surface area contributed by atoms with Crippen LogP contribution in [-0.2, 0) is 12.8 Å². The van der Waals surface area contributed by atoms with E-state index in [-0.39, 0.29) is 0 Å². The number of anilines is 1. The minimum atomic E-state index is 0.566. The van der Waals surface area contributed by atoms with Crippen molar-refractivity contribution in [3.05, 3.63) is 46.3 Å². The number of aryl methyl sites for hydroxylation is 3. The number of nitrogens with zero attached hydrogens (tertiary/aromatic N) is 1. The van der Waals surface area contributed by atoms with E-state index in [0.29, 0.717) is 6.01 Å². The van der Waals surface area contributed by atoms with Gasteiger partial charge in [0.15, 0.2) is 0 Å². The third kappa shape index (κ3) is 2.80. The highest BCUT2D eigenvalue weighted by molar-refractivity contribution is 6.31. The summed E-state index contributed by atoms with van der Waals surface area (Å²) in [6.07, 6.45) is 1.67. The van der Waals surface area contributed by atoms with Crippen LogP contribution in [0.2, 0.25) is 5.02 Å². The van der Waals surface area contributed by atoms with Gasteiger partial charge in [-0.25, -0.2) is 0 Å². The minimum Gasteiger partial charge on any atom is -0.428 e. The number of aromatic nitrogens is 1. The molecule has 0 atom stereocenters. The molecule has 2 rings (SSSR count). The van der Waals surface area contributed by atoms with Crippen LogP contribution in [0.4, 0.5) is 6.01 Å². The number of oxazole rings is 1. The van der Waals surface area contributed by atoms with Gasteiger partial charge in [-0.1, -0.05) is 29.8 Å². The number of halogens is 1. The zero-order valence-corrected chi connectivity index (χ0v) is 10.7. The molecule has 17 heavy (non-hydrogen) atoms. The molecule has 0 unspecified atom stereocenters. The van der Waals surface area contributed by atoms with Gasteiger partial charge in [-0.15, -0.1) is 0 Å². The monoisotopic (exact) mass is 250 g/mol. The number of hydrogen-bond donors (Lipinski definition) is 1. The van der Waals surface area contributed by atoms with E-state index in [1.54, 1.807) is 7.05 Å². The number of nitrogens with one attached hydrogen (secondary N) is 1. The summed E-state index contributed by atoms with van der Waals surface area (Å²) in [5.41, 5.74) is 2.07. The summed E-state index contributed by atoms with van der Waals surface area (Å²) in [5.74, 6) is 0.911. The smallest absolute Gasteiger partial charge is 0.294 e. The van der Waals surface area contributed by atoms with E-state index in [1.165, 1.54) is 0 Å². The predicted octanol–water partition coefficient (Wildman–Crippen LogP) is 3.46. The van der Waals surface area contributed by atoms with Gasteiger partial charge in [-0.05, 0) is 25.0 Å². The van der Waals surface area contributed by atoms with E-state index >= 15 is 0 Å². The average molecular weight is 251 g/mol. The van der Waals surface area contributed by atoms with Crippen molar-refractivity contribution in [2.75, 3.05) is 12.4 Å². The Bertz CT molecular complexity index is 508. The van der Waals surface area contributed by atoms with Crippen molar-refractivity contribution in [2.45, 2.75) is 19.8 Å². The van der Waals surface area contributed by atoms with Crippen LogP contribution in [0.25, 0.3) is 0 Å². The van der Waals surface area contributed by atoms with Gasteiger partial charge in [-0.2, -0.15) is 4.98 Å². The Balaban J connectivity index is 2.07. The lowest BCUT2D eigenvalue weighted by atomic mass is 10.1. The normalized spacial score (nSPS) is 10.5. The molecular weight excluding hydrogens is 236 g/mol. The lowest BCUT2D eigenvalue weighted by Gasteiger charge is -2.02. The Labute approximate surface area is 106 Å². The van der Waals surface area contributed by atoms with Gasteiger partial charge in [0.2, 0.25) is 0 Å². The lowest BCUT2D eigenvalue weighted by Crippen LogP contribution is -1.92. The van der Waals surface area contributed by atoms with Crippen LogP contribution in [-0.4, -0.2) is 12.0 Å². The van der Waals surface area contributed by atoms with Gasteiger partial charge < -0.3 is 9.73 Å². The standard InChI is InChI=1S/C13H15ClN2O/c1-9-12(17-13(15-2)16-9)8-7-10-5-3-4-6-11(10)14/h3-6H,7-8H2,1-2H3,(H,15,16). The number of rotatable bonds is 4. The van der Waals surface area contributed by atoms with Crippen molar-refractivity contribution < 1.29 is 4.42 Å². The van der Waals surface area contributed by atoms with Gasteiger partial charge in [0.05, 0.1) is 5.69 Å². The summed E-state index contributed by atoms with van der Waals surface area (Å²) in [6.45, 7) is 1.95. The van der Waals surface area contributed by atoms with Crippen molar-refractivity contribution in [1.82, 2.24) is 4.98 Å². The molecule has 1 heterocycles. The van der Waals surface area contributed by atoms with Gasteiger partial charge in [0.25, 0.3) is 6.01 Å². The third-order valence-corrected chi connectivity index (χ3v) is 3.05. The zero-order chi connectivity index (χ0) is 12.3. The first-order valence-electron chi connectivity index (χ1n) is 5.58. The largest absolute Gasteiger partial charge is 0.428 e. The average Bonchev–Trinajstić information content (AvgIpc) is 2.69. The molecule has 1 N–H and O–H groups in total. The van der Waals surface area contributed by atoms with Crippen molar-refractivity contribution in [1.29, 1.82) is 0 Å². The van der Waals surface area contributed by atoms with Crippen molar-refractivity contribution in [3.8, 4) is 0 Å².